The predicted octanol–water partition coefficient (Wildman–Crippen LogP) is 2.90. The molecule has 0 saturated carbocycles. The van der Waals surface area contributed by atoms with Gasteiger partial charge in [-0.1, -0.05) is 0 Å². The maximum atomic E-state index is 12.3. The van der Waals surface area contributed by atoms with Gasteiger partial charge in [0.1, 0.15) is 0 Å². The Morgan fingerprint density at radius 3 is 2.58 bits per heavy atom. The van der Waals surface area contributed by atoms with Gasteiger partial charge in [-0.25, -0.2) is 4.79 Å². The van der Waals surface area contributed by atoms with Crippen LogP contribution in [0.3, 0.4) is 0 Å². The predicted molar refractivity (Wildman–Crippen MR) is 101 cm³/mol. The van der Waals surface area contributed by atoms with Gasteiger partial charge in [0.25, 0.3) is 0 Å². The number of hydrogen-bond acceptors (Lipinski definition) is 5. The molecule has 0 radical (unpaired) electrons. The Hall–Kier alpha value is -2.41. The number of nitrogens with zero attached hydrogens (tertiary/aromatic N) is 1. The van der Waals surface area contributed by atoms with E-state index in [4.69, 9.17) is 4.74 Å². The van der Waals surface area contributed by atoms with Crippen LogP contribution in [0.2, 0.25) is 0 Å². The fourth-order valence-corrected chi connectivity index (χ4v) is 3.73. The number of aromatic nitrogens is 1. The van der Waals surface area contributed by atoms with Crippen LogP contribution in [0.25, 0.3) is 0 Å². The number of carbonyl (C=O) groups excluding carboxylic acids is 3. The van der Waals surface area contributed by atoms with E-state index in [0.717, 1.165) is 22.8 Å². The molecular formula is C19H24N2O4S. The smallest absolute Gasteiger partial charge is 0.340 e. The summed E-state index contributed by atoms with van der Waals surface area (Å²) in [7, 11) is 0. The minimum absolute atomic E-state index is 0.0767. The van der Waals surface area contributed by atoms with Gasteiger partial charge in [0.15, 0.2) is 6.61 Å². The van der Waals surface area contributed by atoms with E-state index < -0.39 is 5.97 Å². The van der Waals surface area contributed by atoms with E-state index in [1.165, 1.54) is 18.3 Å². The molecule has 1 amide bonds. The minimum atomic E-state index is -0.478. The third-order valence-corrected chi connectivity index (χ3v) is 5.31. The van der Waals surface area contributed by atoms with Crippen LogP contribution in [0, 0.1) is 13.8 Å². The molecule has 2 rings (SSSR count). The number of Topliss-reactive ketones (excluding diaryl/α,β-unsaturated/α-hetero) is 1. The highest BCUT2D eigenvalue weighted by Crippen LogP contribution is 2.19. The Kier molecular flexibility index (Phi) is 6.74. The zero-order chi connectivity index (χ0) is 19.3. The lowest BCUT2D eigenvalue weighted by molar-refractivity contribution is -0.118. The number of ketones is 1. The van der Waals surface area contributed by atoms with Crippen molar-refractivity contribution in [2.24, 2.45) is 0 Å². The first-order valence-electron chi connectivity index (χ1n) is 8.53. The van der Waals surface area contributed by atoms with Crippen LogP contribution in [0.4, 0.5) is 0 Å². The first-order chi connectivity index (χ1) is 12.3. The normalized spacial score (nSPS) is 10.6. The van der Waals surface area contributed by atoms with Crippen LogP contribution < -0.4 is 5.32 Å². The molecule has 7 heteroatoms. The second kappa shape index (κ2) is 8.80. The van der Waals surface area contributed by atoms with E-state index in [1.807, 2.05) is 31.4 Å². The molecule has 0 aliphatic carbocycles. The first-order valence-corrected chi connectivity index (χ1v) is 9.35. The van der Waals surface area contributed by atoms with Crippen molar-refractivity contribution in [2.45, 2.75) is 40.7 Å². The first kappa shape index (κ1) is 19.9. The van der Waals surface area contributed by atoms with Gasteiger partial charge in [-0.15, -0.1) is 11.3 Å². The van der Waals surface area contributed by atoms with Crippen LogP contribution in [-0.4, -0.2) is 35.4 Å². The van der Waals surface area contributed by atoms with Crippen molar-refractivity contribution >= 4 is 29.0 Å². The molecular weight excluding hydrogens is 352 g/mol. The van der Waals surface area contributed by atoms with E-state index in [1.54, 1.807) is 12.1 Å². The number of amides is 1. The molecule has 0 aliphatic heterocycles. The second-order valence-electron chi connectivity index (χ2n) is 6.03. The Balaban J connectivity index is 1.91. The van der Waals surface area contributed by atoms with E-state index in [2.05, 4.69) is 5.32 Å². The molecule has 1 N–H and O–H groups in total. The van der Waals surface area contributed by atoms with Gasteiger partial charge in [0.05, 0.1) is 10.4 Å². The van der Waals surface area contributed by atoms with Gasteiger partial charge in [-0.2, -0.15) is 0 Å². The van der Waals surface area contributed by atoms with Crippen LogP contribution >= 0.6 is 11.3 Å². The zero-order valence-corrected chi connectivity index (χ0v) is 16.4. The van der Waals surface area contributed by atoms with Crippen molar-refractivity contribution in [2.75, 3.05) is 13.2 Å². The lowest BCUT2D eigenvalue weighted by Gasteiger charge is -2.06. The summed E-state index contributed by atoms with van der Waals surface area (Å²) in [4.78, 5) is 36.9. The van der Waals surface area contributed by atoms with E-state index in [-0.39, 0.29) is 18.3 Å². The van der Waals surface area contributed by atoms with Gasteiger partial charge in [0.2, 0.25) is 11.7 Å². The van der Waals surface area contributed by atoms with Crippen LogP contribution in [0.1, 0.15) is 50.1 Å². The van der Waals surface area contributed by atoms with Crippen molar-refractivity contribution in [3.63, 3.8) is 0 Å². The summed E-state index contributed by atoms with van der Waals surface area (Å²) in [5, 5.41) is 2.72. The fourth-order valence-electron chi connectivity index (χ4n) is 2.80. The van der Waals surface area contributed by atoms with Crippen molar-refractivity contribution in [1.82, 2.24) is 9.88 Å². The van der Waals surface area contributed by atoms with Gasteiger partial charge >= 0.3 is 5.97 Å². The van der Waals surface area contributed by atoms with Gasteiger partial charge in [-0.05, 0) is 45.4 Å². The number of rotatable bonds is 8. The molecule has 0 unspecified atom stereocenters. The number of nitrogens with one attached hydrogen (secondary N) is 1. The Bertz CT molecular complexity index is 820. The van der Waals surface area contributed by atoms with Crippen LogP contribution in [-0.2, 0) is 22.5 Å². The second-order valence-corrected chi connectivity index (χ2v) is 7.20. The molecule has 0 saturated heterocycles. The lowest BCUT2D eigenvalue weighted by atomic mass is 10.2. The molecule has 2 heterocycles. The quantitative estimate of drug-likeness (QED) is 0.568. The van der Waals surface area contributed by atoms with Crippen molar-refractivity contribution < 1.29 is 19.1 Å². The number of ether oxygens (including phenoxy) is 1. The monoisotopic (exact) mass is 376 g/mol. The van der Waals surface area contributed by atoms with Gasteiger partial charge in [-0.3, -0.25) is 9.59 Å². The van der Waals surface area contributed by atoms with E-state index in [9.17, 15) is 14.4 Å². The van der Waals surface area contributed by atoms with E-state index >= 15 is 0 Å². The molecule has 2 aromatic heterocycles. The van der Waals surface area contributed by atoms with Gasteiger partial charge < -0.3 is 14.6 Å². The van der Waals surface area contributed by atoms with Crippen molar-refractivity contribution in [3.8, 4) is 0 Å². The highest BCUT2D eigenvalue weighted by molar-refractivity contribution is 7.14. The number of esters is 1. The Morgan fingerprint density at radius 2 is 1.96 bits per heavy atom. The Labute approximate surface area is 157 Å². The minimum Gasteiger partial charge on any atom is -0.454 e. The average molecular weight is 376 g/mol. The summed E-state index contributed by atoms with van der Waals surface area (Å²) in [5.74, 6) is -0.779. The molecule has 0 atom stereocenters. The molecule has 0 fully saturated rings. The number of aryl methyl sites for hydroxylation is 1. The Morgan fingerprint density at radius 1 is 1.23 bits per heavy atom. The van der Waals surface area contributed by atoms with Crippen LogP contribution in [0.15, 0.2) is 18.2 Å². The molecule has 0 bridgehead atoms. The summed E-state index contributed by atoms with van der Waals surface area (Å²) < 4.78 is 7.23. The molecule has 0 aliphatic rings. The lowest BCUT2D eigenvalue weighted by Crippen LogP contribution is -2.22. The molecule has 140 valence electrons. The SMILES string of the molecule is CCn1c(C)cc(C(=O)OCC(=O)c2ccc(CCNC(C)=O)s2)c1C. The number of thiophene rings is 1. The maximum absolute atomic E-state index is 12.3. The number of hydrogen-bond donors (Lipinski definition) is 1. The molecule has 26 heavy (non-hydrogen) atoms. The average Bonchev–Trinajstić information content (AvgIpc) is 3.16. The number of carbonyl (C=O) groups is 3. The highest BCUT2D eigenvalue weighted by atomic mass is 32.1. The molecule has 0 aromatic carbocycles. The molecule has 6 nitrogen and oxygen atoms in total. The third kappa shape index (κ3) is 4.82. The summed E-state index contributed by atoms with van der Waals surface area (Å²) in [6.45, 7) is 8.32. The summed E-state index contributed by atoms with van der Waals surface area (Å²) >= 11 is 1.36. The van der Waals surface area contributed by atoms with Crippen molar-refractivity contribution in [3.05, 3.63) is 44.9 Å². The summed E-state index contributed by atoms with van der Waals surface area (Å²) in [6.07, 6.45) is 0.667. The topological polar surface area (TPSA) is 77.4 Å². The van der Waals surface area contributed by atoms with Gasteiger partial charge in [0, 0.05) is 36.3 Å². The largest absolute Gasteiger partial charge is 0.454 e. The fraction of sp³-hybridized carbons (Fsp3) is 0.421. The van der Waals surface area contributed by atoms with Crippen molar-refractivity contribution in [1.29, 1.82) is 0 Å². The zero-order valence-electron chi connectivity index (χ0n) is 15.5. The molecule has 2 aromatic rings. The van der Waals surface area contributed by atoms with E-state index in [0.29, 0.717) is 23.4 Å². The third-order valence-electron chi connectivity index (χ3n) is 4.13. The standard InChI is InChI=1S/C19H24N2O4S/c1-5-21-12(2)10-16(13(21)3)19(24)25-11-17(23)18-7-6-15(26-18)8-9-20-14(4)22/h6-7,10H,5,8-9,11H2,1-4H3,(H,20,22). The maximum Gasteiger partial charge on any atom is 0.340 e. The van der Waals surface area contributed by atoms with Crippen LogP contribution in [0.5, 0.6) is 0 Å². The highest BCUT2D eigenvalue weighted by Gasteiger charge is 2.18. The summed E-state index contributed by atoms with van der Waals surface area (Å²) in [5.41, 5.74) is 2.34. The summed E-state index contributed by atoms with van der Waals surface area (Å²) in [6, 6.07) is 5.38. The molecule has 0 spiro atoms.